The lowest BCUT2D eigenvalue weighted by atomic mass is 10.1. The summed E-state index contributed by atoms with van der Waals surface area (Å²) in [4.78, 5) is 25.7. The van der Waals surface area contributed by atoms with E-state index < -0.39 is 47.6 Å². The Morgan fingerprint density at radius 2 is 2.18 bits per heavy atom. The summed E-state index contributed by atoms with van der Waals surface area (Å²) in [6.45, 7) is 2.89. The summed E-state index contributed by atoms with van der Waals surface area (Å²) >= 11 is 1.38. The number of aliphatic hydroxyl groups excluding tert-OH is 3. The van der Waals surface area contributed by atoms with E-state index in [-0.39, 0.29) is 0 Å². The number of rotatable bonds is 5. The third-order valence-corrected chi connectivity index (χ3v) is 4.83. The maximum absolute atomic E-state index is 12.0. The Morgan fingerprint density at radius 3 is 2.77 bits per heavy atom. The number of aliphatic hydroxyl groups is 3. The van der Waals surface area contributed by atoms with Gasteiger partial charge in [0.1, 0.15) is 12.2 Å². The van der Waals surface area contributed by atoms with Crippen LogP contribution in [0.5, 0.6) is 0 Å². The van der Waals surface area contributed by atoms with Gasteiger partial charge in [-0.3, -0.25) is 14.3 Å². The molecule has 0 bridgehead atoms. The SMILES string of the molecule is CCSC1C(O)C(C(O)CO)OC1n1cc(C)c(=O)[nH]c1=O. The fourth-order valence-corrected chi connectivity index (χ4v) is 3.57. The van der Waals surface area contributed by atoms with Crippen LogP contribution in [0.4, 0.5) is 0 Å². The van der Waals surface area contributed by atoms with Crippen molar-refractivity contribution >= 4 is 11.8 Å². The Kier molecular flexibility index (Phi) is 5.45. The zero-order valence-electron chi connectivity index (χ0n) is 12.3. The Bertz CT molecular complexity index is 630. The predicted octanol–water partition coefficient (Wildman–Crippen LogP) is -1.42. The van der Waals surface area contributed by atoms with Crippen LogP contribution in [0.2, 0.25) is 0 Å². The van der Waals surface area contributed by atoms with E-state index in [9.17, 15) is 19.8 Å². The lowest BCUT2D eigenvalue weighted by molar-refractivity contribution is -0.0965. The van der Waals surface area contributed by atoms with E-state index in [1.807, 2.05) is 6.92 Å². The number of aryl methyl sites for hydroxylation is 1. The average Bonchev–Trinajstić information content (AvgIpc) is 2.80. The maximum atomic E-state index is 12.0. The molecule has 2 rings (SSSR count). The van der Waals surface area contributed by atoms with Crippen molar-refractivity contribution in [2.24, 2.45) is 0 Å². The first-order valence-electron chi connectivity index (χ1n) is 6.96. The molecule has 1 aliphatic rings. The monoisotopic (exact) mass is 332 g/mol. The fraction of sp³-hybridized carbons (Fsp3) is 0.692. The van der Waals surface area contributed by atoms with E-state index in [4.69, 9.17) is 9.84 Å². The maximum Gasteiger partial charge on any atom is 0.330 e. The molecule has 0 aromatic carbocycles. The molecule has 2 heterocycles. The summed E-state index contributed by atoms with van der Waals surface area (Å²) in [5.74, 6) is 0.667. The first kappa shape index (κ1) is 17.2. The van der Waals surface area contributed by atoms with Crippen molar-refractivity contribution in [3.63, 3.8) is 0 Å². The molecule has 5 atom stereocenters. The van der Waals surface area contributed by atoms with Gasteiger partial charge in [0.2, 0.25) is 0 Å². The molecule has 4 N–H and O–H groups in total. The van der Waals surface area contributed by atoms with Crippen LogP contribution in [0.25, 0.3) is 0 Å². The van der Waals surface area contributed by atoms with Gasteiger partial charge in [-0.2, -0.15) is 11.8 Å². The number of H-pyrrole nitrogens is 1. The standard InChI is InChI=1S/C13H20N2O6S/c1-3-22-10-8(18)9(7(17)5-16)21-12(10)15-4-6(2)11(19)14-13(15)20/h4,7-10,12,16-18H,3,5H2,1-2H3,(H,14,19,20). The van der Waals surface area contributed by atoms with Gasteiger partial charge in [-0.25, -0.2) is 4.79 Å². The molecule has 1 aromatic heterocycles. The van der Waals surface area contributed by atoms with Gasteiger partial charge in [0.05, 0.1) is 18.0 Å². The third kappa shape index (κ3) is 3.13. The smallest absolute Gasteiger partial charge is 0.330 e. The quantitative estimate of drug-likeness (QED) is 0.521. The lowest BCUT2D eigenvalue weighted by Gasteiger charge is -2.21. The second-order valence-corrected chi connectivity index (χ2v) is 6.59. The molecule has 5 unspecified atom stereocenters. The molecule has 1 fully saturated rings. The van der Waals surface area contributed by atoms with Gasteiger partial charge < -0.3 is 20.1 Å². The van der Waals surface area contributed by atoms with Crippen molar-refractivity contribution in [2.45, 2.75) is 43.6 Å². The Hall–Kier alpha value is -1.13. The molecule has 0 amide bonds. The van der Waals surface area contributed by atoms with Gasteiger partial charge in [-0.1, -0.05) is 6.92 Å². The zero-order chi connectivity index (χ0) is 16.4. The number of ether oxygens (including phenoxy) is 1. The molecule has 9 heteroatoms. The topological polar surface area (TPSA) is 125 Å². The van der Waals surface area contributed by atoms with Crippen LogP contribution in [-0.2, 0) is 4.74 Å². The van der Waals surface area contributed by atoms with E-state index in [1.165, 1.54) is 22.5 Å². The second kappa shape index (κ2) is 6.97. The Balaban J connectivity index is 2.41. The summed E-state index contributed by atoms with van der Waals surface area (Å²) < 4.78 is 6.82. The summed E-state index contributed by atoms with van der Waals surface area (Å²) in [6.07, 6.45) is -2.77. The number of nitrogens with one attached hydrogen (secondary N) is 1. The molecule has 0 radical (unpaired) electrons. The average molecular weight is 332 g/mol. The minimum atomic E-state index is -1.25. The summed E-state index contributed by atoms with van der Waals surface area (Å²) in [7, 11) is 0. The highest BCUT2D eigenvalue weighted by Crippen LogP contribution is 2.38. The summed E-state index contributed by atoms with van der Waals surface area (Å²) in [6, 6.07) is 0. The molecule has 0 spiro atoms. The lowest BCUT2D eigenvalue weighted by Crippen LogP contribution is -2.39. The van der Waals surface area contributed by atoms with Crippen LogP contribution in [0.15, 0.2) is 15.8 Å². The minimum absolute atomic E-state index is 0.337. The number of aromatic amines is 1. The van der Waals surface area contributed by atoms with Crippen molar-refractivity contribution < 1.29 is 20.1 Å². The van der Waals surface area contributed by atoms with Gasteiger partial charge in [0.15, 0.2) is 6.23 Å². The number of aromatic nitrogens is 2. The molecule has 124 valence electrons. The number of hydrogen-bond donors (Lipinski definition) is 4. The highest BCUT2D eigenvalue weighted by Gasteiger charge is 2.47. The van der Waals surface area contributed by atoms with Crippen LogP contribution < -0.4 is 11.2 Å². The Morgan fingerprint density at radius 1 is 1.50 bits per heavy atom. The van der Waals surface area contributed by atoms with Crippen LogP contribution in [0.3, 0.4) is 0 Å². The van der Waals surface area contributed by atoms with Crippen LogP contribution in [0.1, 0.15) is 18.7 Å². The van der Waals surface area contributed by atoms with Crippen molar-refractivity contribution in [1.82, 2.24) is 9.55 Å². The van der Waals surface area contributed by atoms with Gasteiger partial charge in [-0.05, 0) is 12.7 Å². The molecular formula is C13H20N2O6S. The number of hydrogen-bond acceptors (Lipinski definition) is 7. The van der Waals surface area contributed by atoms with Crippen molar-refractivity contribution in [3.8, 4) is 0 Å². The number of nitrogens with zero attached hydrogens (tertiary/aromatic N) is 1. The molecule has 0 saturated carbocycles. The zero-order valence-corrected chi connectivity index (χ0v) is 13.1. The largest absolute Gasteiger partial charge is 0.394 e. The highest BCUT2D eigenvalue weighted by atomic mass is 32.2. The van der Waals surface area contributed by atoms with Crippen LogP contribution >= 0.6 is 11.8 Å². The third-order valence-electron chi connectivity index (χ3n) is 3.60. The molecular weight excluding hydrogens is 312 g/mol. The molecule has 1 saturated heterocycles. The predicted molar refractivity (Wildman–Crippen MR) is 81.0 cm³/mol. The Labute approximate surface area is 130 Å². The van der Waals surface area contributed by atoms with Crippen LogP contribution in [0, 0.1) is 6.92 Å². The van der Waals surface area contributed by atoms with Crippen LogP contribution in [-0.4, -0.2) is 60.8 Å². The van der Waals surface area contributed by atoms with E-state index >= 15 is 0 Å². The van der Waals surface area contributed by atoms with E-state index in [0.717, 1.165) is 0 Å². The number of thioether (sulfide) groups is 1. The fourth-order valence-electron chi connectivity index (χ4n) is 2.47. The first-order chi connectivity index (χ1) is 10.4. The van der Waals surface area contributed by atoms with E-state index in [1.54, 1.807) is 6.92 Å². The molecule has 1 aromatic rings. The van der Waals surface area contributed by atoms with Gasteiger partial charge in [-0.15, -0.1) is 0 Å². The van der Waals surface area contributed by atoms with Gasteiger partial charge >= 0.3 is 5.69 Å². The normalized spacial score (nSPS) is 29.7. The van der Waals surface area contributed by atoms with Crippen molar-refractivity contribution in [3.05, 3.63) is 32.6 Å². The van der Waals surface area contributed by atoms with Crippen molar-refractivity contribution in [2.75, 3.05) is 12.4 Å². The van der Waals surface area contributed by atoms with Gasteiger partial charge in [0, 0.05) is 11.8 Å². The second-order valence-electron chi connectivity index (χ2n) is 5.13. The molecule has 22 heavy (non-hydrogen) atoms. The highest BCUT2D eigenvalue weighted by molar-refractivity contribution is 7.99. The van der Waals surface area contributed by atoms with Gasteiger partial charge in [0.25, 0.3) is 5.56 Å². The molecule has 8 nitrogen and oxygen atoms in total. The summed E-state index contributed by atoms with van der Waals surface area (Å²) in [5, 5.41) is 28.6. The van der Waals surface area contributed by atoms with Crippen molar-refractivity contribution in [1.29, 1.82) is 0 Å². The first-order valence-corrected chi connectivity index (χ1v) is 8.01. The minimum Gasteiger partial charge on any atom is -0.394 e. The summed E-state index contributed by atoms with van der Waals surface area (Å²) in [5.41, 5.74) is -0.788. The van der Waals surface area contributed by atoms with E-state index in [0.29, 0.717) is 11.3 Å². The molecule has 1 aliphatic heterocycles. The molecule has 0 aliphatic carbocycles. The van der Waals surface area contributed by atoms with E-state index in [2.05, 4.69) is 4.98 Å².